The smallest absolute Gasteiger partial charge is 0.327 e. The molecule has 1 unspecified atom stereocenters. The number of rotatable bonds is 1. The number of nitrogens with one attached hydrogen (secondary N) is 1. The number of hydrogen-bond acceptors (Lipinski definition) is 4. The highest BCUT2D eigenvalue weighted by molar-refractivity contribution is 7.09. The molecule has 2 N–H and O–H groups in total. The predicted octanol–water partition coefficient (Wildman–Crippen LogP) is 0.414. The Morgan fingerprint density at radius 1 is 1.83 bits per heavy atom. The van der Waals surface area contributed by atoms with E-state index in [4.69, 9.17) is 5.11 Å². The molecular weight excluding hydrogens is 176 g/mol. The molecule has 1 aliphatic heterocycles. The summed E-state index contributed by atoms with van der Waals surface area (Å²) >= 11 is 1.53. The summed E-state index contributed by atoms with van der Waals surface area (Å²) in [5.74, 6) is -0.846. The first-order valence-electron chi connectivity index (χ1n) is 3.67. The third-order valence-electron chi connectivity index (χ3n) is 1.89. The van der Waals surface area contributed by atoms with Crippen molar-refractivity contribution < 1.29 is 9.90 Å². The highest BCUT2D eigenvalue weighted by atomic mass is 32.1. The standard InChI is InChI=1S/C7H8N2O2S/c10-7(11)6-5-4(1-2-8-6)12-3-9-5/h3,6,8H,1-2H2,(H,10,11). The van der Waals surface area contributed by atoms with Crippen molar-refractivity contribution >= 4 is 17.3 Å². The number of thiazole rings is 1. The van der Waals surface area contributed by atoms with Gasteiger partial charge in [0, 0.05) is 11.4 Å². The summed E-state index contributed by atoms with van der Waals surface area (Å²) in [6.45, 7) is 0.728. The zero-order valence-electron chi connectivity index (χ0n) is 6.28. The summed E-state index contributed by atoms with van der Waals surface area (Å²) in [6.07, 6.45) is 0.893. The van der Waals surface area contributed by atoms with Crippen LogP contribution in [0.25, 0.3) is 0 Å². The van der Waals surface area contributed by atoms with E-state index in [1.807, 2.05) is 0 Å². The second kappa shape index (κ2) is 2.84. The van der Waals surface area contributed by atoms with Gasteiger partial charge in [0.1, 0.15) is 6.04 Å². The van der Waals surface area contributed by atoms with Crippen molar-refractivity contribution in [3.63, 3.8) is 0 Å². The van der Waals surface area contributed by atoms with Crippen molar-refractivity contribution in [1.82, 2.24) is 10.3 Å². The van der Waals surface area contributed by atoms with E-state index in [0.717, 1.165) is 17.8 Å². The third-order valence-corrected chi connectivity index (χ3v) is 2.80. The van der Waals surface area contributed by atoms with Crippen LogP contribution in [0.4, 0.5) is 0 Å². The molecule has 0 radical (unpaired) electrons. The second-order valence-electron chi connectivity index (χ2n) is 2.64. The molecule has 1 aromatic rings. The molecule has 1 atom stereocenters. The van der Waals surface area contributed by atoms with Gasteiger partial charge in [-0.2, -0.15) is 0 Å². The fourth-order valence-corrected chi connectivity index (χ4v) is 2.14. The second-order valence-corrected chi connectivity index (χ2v) is 3.58. The Bertz CT molecular complexity index is 310. The Labute approximate surface area is 73.3 Å². The number of aliphatic carboxylic acids is 1. The molecule has 5 heteroatoms. The minimum absolute atomic E-state index is 0.597. The summed E-state index contributed by atoms with van der Waals surface area (Å²) in [5.41, 5.74) is 2.40. The van der Waals surface area contributed by atoms with E-state index >= 15 is 0 Å². The Balaban J connectivity index is 2.37. The maximum Gasteiger partial charge on any atom is 0.327 e. The van der Waals surface area contributed by atoms with Crippen LogP contribution in [0.15, 0.2) is 5.51 Å². The van der Waals surface area contributed by atoms with Crippen LogP contribution >= 0.6 is 11.3 Å². The molecule has 64 valence electrons. The van der Waals surface area contributed by atoms with E-state index in [1.54, 1.807) is 5.51 Å². The van der Waals surface area contributed by atoms with Gasteiger partial charge in [0.25, 0.3) is 0 Å². The molecule has 4 nitrogen and oxygen atoms in total. The molecule has 0 amide bonds. The quantitative estimate of drug-likeness (QED) is 0.663. The summed E-state index contributed by atoms with van der Waals surface area (Å²) in [4.78, 5) is 15.9. The van der Waals surface area contributed by atoms with Gasteiger partial charge < -0.3 is 5.11 Å². The molecule has 1 aromatic heterocycles. The average Bonchev–Trinajstić information content (AvgIpc) is 2.49. The van der Waals surface area contributed by atoms with E-state index in [0.29, 0.717) is 5.69 Å². The van der Waals surface area contributed by atoms with Gasteiger partial charge in [-0.25, -0.2) is 4.98 Å². The van der Waals surface area contributed by atoms with Gasteiger partial charge in [0.15, 0.2) is 0 Å². The zero-order valence-corrected chi connectivity index (χ0v) is 7.10. The first kappa shape index (κ1) is 7.70. The number of carbonyl (C=O) groups is 1. The van der Waals surface area contributed by atoms with E-state index in [9.17, 15) is 4.79 Å². The molecule has 0 aliphatic carbocycles. The minimum Gasteiger partial charge on any atom is -0.480 e. The topological polar surface area (TPSA) is 62.2 Å². The van der Waals surface area contributed by atoms with Crippen molar-refractivity contribution in [1.29, 1.82) is 0 Å². The van der Waals surface area contributed by atoms with Gasteiger partial charge in [-0.05, 0) is 6.42 Å². The van der Waals surface area contributed by atoms with Gasteiger partial charge in [-0.15, -0.1) is 11.3 Å². The van der Waals surface area contributed by atoms with Crippen molar-refractivity contribution in [2.75, 3.05) is 6.54 Å². The Hall–Kier alpha value is -0.940. The lowest BCUT2D eigenvalue weighted by atomic mass is 10.1. The Morgan fingerprint density at radius 3 is 3.42 bits per heavy atom. The van der Waals surface area contributed by atoms with Crippen LogP contribution < -0.4 is 5.32 Å². The lowest BCUT2D eigenvalue weighted by Gasteiger charge is -2.18. The number of carboxylic acids is 1. The summed E-state index contributed by atoms with van der Waals surface area (Å²) in [7, 11) is 0. The third kappa shape index (κ3) is 1.11. The number of aromatic nitrogens is 1. The van der Waals surface area contributed by atoms with Crippen LogP contribution in [0, 0.1) is 0 Å². The number of carboxylic acid groups (broad SMARTS) is 1. The minimum atomic E-state index is -0.846. The molecular formula is C7H8N2O2S. The zero-order chi connectivity index (χ0) is 8.55. The van der Waals surface area contributed by atoms with Crippen molar-refractivity contribution in [2.45, 2.75) is 12.5 Å². The van der Waals surface area contributed by atoms with Crippen molar-refractivity contribution in [3.8, 4) is 0 Å². The molecule has 2 rings (SSSR count). The lowest BCUT2D eigenvalue weighted by molar-refractivity contribution is -0.139. The largest absolute Gasteiger partial charge is 0.480 e. The number of fused-ring (bicyclic) bond motifs is 1. The Kier molecular flexibility index (Phi) is 1.82. The summed E-state index contributed by atoms with van der Waals surface area (Å²) in [6, 6.07) is -0.597. The SMILES string of the molecule is O=C(O)C1NCCc2scnc21. The summed E-state index contributed by atoms with van der Waals surface area (Å²) in [5, 5.41) is 11.7. The molecule has 0 saturated heterocycles. The van der Waals surface area contributed by atoms with Gasteiger partial charge >= 0.3 is 5.97 Å². The Morgan fingerprint density at radius 2 is 2.67 bits per heavy atom. The van der Waals surface area contributed by atoms with E-state index in [1.165, 1.54) is 11.3 Å². The van der Waals surface area contributed by atoms with Crippen LogP contribution in [-0.4, -0.2) is 22.6 Å². The fourth-order valence-electron chi connectivity index (χ4n) is 1.33. The first-order chi connectivity index (χ1) is 5.79. The normalized spacial score (nSPS) is 21.8. The van der Waals surface area contributed by atoms with Crippen molar-refractivity contribution in [2.24, 2.45) is 0 Å². The molecule has 0 saturated carbocycles. The molecule has 0 bridgehead atoms. The van der Waals surface area contributed by atoms with Gasteiger partial charge in [0.05, 0.1) is 11.2 Å². The molecule has 0 aromatic carbocycles. The van der Waals surface area contributed by atoms with Gasteiger partial charge in [-0.3, -0.25) is 10.1 Å². The fraction of sp³-hybridized carbons (Fsp3) is 0.429. The van der Waals surface area contributed by atoms with Crippen LogP contribution in [0.2, 0.25) is 0 Å². The predicted molar refractivity (Wildman–Crippen MR) is 44.2 cm³/mol. The molecule has 0 fully saturated rings. The maximum atomic E-state index is 10.7. The lowest BCUT2D eigenvalue weighted by Crippen LogP contribution is -2.34. The van der Waals surface area contributed by atoms with Gasteiger partial charge in [0.2, 0.25) is 0 Å². The van der Waals surface area contributed by atoms with Crippen LogP contribution in [0.5, 0.6) is 0 Å². The summed E-state index contributed by atoms with van der Waals surface area (Å²) < 4.78 is 0. The van der Waals surface area contributed by atoms with E-state index in [-0.39, 0.29) is 0 Å². The monoisotopic (exact) mass is 184 g/mol. The molecule has 12 heavy (non-hydrogen) atoms. The van der Waals surface area contributed by atoms with Crippen LogP contribution in [0.3, 0.4) is 0 Å². The average molecular weight is 184 g/mol. The number of nitrogens with zero attached hydrogens (tertiary/aromatic N) is 1. The van der Waals surface area contributed by atoms with Crippen LogP contribution in [-0.2, 0) is 11.2 Å². The van der Waals surface area contributed by atoms with E-state index in [2.05, 4.69) is 10.3 Å². The van der Waals surface area contributed by atoms with E-state index < -0.39 is 12.0 Å². The molecule has 0 spiro atoms. The van der Waals surface area contributed by atoms with Crippen molar-refractivity contribution in [3.05, 3.63) is 16.1 Å². The highest BCUT2D eigenvalue weighted by Gasteiger charge is 2.27. The molecule has 1 aliphatic rings. The number of hydrogen-bond donors (Lipinski definition) is 2. The maximum absolute atomic E-state index is 10.7. The first-order valence-corrected chi connectivity index (χ1v) is 4.55. The van der Waals surface area contributed by atoms with Crippen LogP contribution in [0.1, 0.15) is 16.6 Å². The molecule has 2 heterocycles. The van der Waals surface area contributed by atoms with Gasteiger partial charge in [-0.1, -0.05) is 0 Å². The highest BCUT2D eigenvalue weighted by Crippen LogP contribution is 2.24.